The molecule has 0 saturated heterocycles. The maximum atomic E-state index is 11.6. The highest BCUT2D eigenvalue weighted by atomic mass is 16.5. The van der Waals surface area contributed by atoms with Crippen LogP contribution in [0.2, 0.25) is 0 Å². The van der Waals surface area contributed by atoms with Crippen molar-refractivity contribution in [2.24, 2.45) is 0 Å². The summed E-state index contributed by atoms with van der Waals surface area (Å²) in [5, 5.41) is 15.0. The zero-order valence-corrected chi connectivity index (χ0v) is 9.67. The number of rotatable bonds is 3. The number of aryl methyl sites for hydroxylation is 1. The van der Waals surface area contributed by atoms with E-state index < -0.39 is 0 Å². The average molecular weight is 242 g/mol. The Labute approximate surface area is 103 Å². The van der Waals surface area contributed by atoms with E-state index in [2.05, 4.69) is 15.5 Å². The molecule has 90 valence electrons. The van der Waals surface area contributed by atoms with Gasteiger partial charge >= 0.3 is 0 Å². The fourth-order valence-corrected chi connectivity index (χ4v) is 1.39. The lowest BCUT2D eigenvalue weighted by atomic mass is 10.2. The van der Waals surface area contributed by atoms with Gasteiger partial charge in [0.05, 0.1) is 18.1 Å². The second-order valence-electron chi connectivity index (χ2n) is 3.64. The third kappa shape index (κ3) is 2.92. The first-order valence-corrected chi connectivity index (χ1v) is 5.26. The standard InChI is InChI=1S/C12H10N4O2/c1-8-14-11(16-18-8)6-12(17)15-10-4-2-9(7-13)3-5-10/h2-5H,6H2,1H3,(H,15,17). The predicted octanol–water partition coefficient (Wildman–Crippen LogP) is 1.43. The lowest BCUT2D eigenvalue weighted by Gasteiger charge is -2.02. The van der Waals surface area contributed by atoms with Gasteiger partial charge in [-0.3, -0.25) is 4.79 Å². The topological polar surface area (TPSA) is 91.8 Å². The molecule has 1 N–H and O–H groups in total. The number of aromatic nitrogens is 2. The van der Waals surface area contributed by atoms with Crippen molar-refractivity contribution in [3.05, 3.63) is 41.5 Å². The fourth-order valence-electron chi connectivity index (χ4n) is 1.39. The second kappa shape index (κ2) is 5.10. The zero-order valence-electron chi connectivity index (χ0n) is 9.67. The summed E-state index contributed by atoms with van der Waals surface area (Å²) in [5.41, 5.74) is 1.17. The van der Waals surface area contributed by atoms with Gasteiger partial charge in [-0.15, -0.1) is 0 Å². The summed E-state index contributed by atoms with van der Waals surface area (Å²) in [6.45, 7) is 1.66. The van der Waals surface area contributed by atoms with Gasteiger partial charge in [-0.1, -0.05) is 5.16 Å². The molecule has 1 heterocycles. The summed E-state index contributed by atoms with van der Waals surface area (Å²) in [6, 6.07) is 8.60. The summed E-state index contributed by atoms with van der Waals surface area (Å²) in [5.74, 6) is 0.537. The van der Waals surface area contributed by atoms with Crippen molar-refractivity contribution in [3.8, 4) is 6.07 Å². The molecular formula is C12H10N4O2. The summed E-state index contributed by atoms with van der Waals surface area (Å²) in [4.78, 5) is 15.6. The van der Waals surface area contributed by atoms with Gasteiger partial charge in [-0.05, 0) is 24.3 Å². The third-order valence-electron chi connectivity index (χ3n) is 2.19. The highest BCUT2D eigenvalue weighted by Gasteiger charge is 2.09. The molecule has 1 aromatic carbocycles. The van der Waals surface area contributed by atoms with Gasteiger partial charge < -0.3 is 9.84 Å². The first kappa shape index (κ1) is 11.8. The van der Waals surface area contributed by atoms with Crippen LogP contribution in [0.15, 0.2) is 28.8 Å². The summed E-state index contributed by atoms with van der Waals surface area (Å²) in [7, 11) is 0. The number of amides is 1. The zero-order chi connectivity index (χ0) is 13.0. The number of hydrogen-bond acceptors (Lipinski definition) is 5. The van der Waals surface area contributed by atoms with Crippen molar-refractivity contribution >= 4 is 11.6 Å². The first-order chi connectivity index (χ1) is 8.67. The van der Waals surface area contributed by atoms with Gasteiger partial charge in [0.15, 0.2) is 5.82 Å². The summed E-state index contributed by atoms with van der Waals surface area (Å²) < 4.78 is 4.77. The molecule has 0 aliphatic carbocycles. The minimum absolute atomic E-state index is 0.0529. The molecule has 0 aliphatic heterocycles. The molecule has 0 radical (unpaired) electrons. The van der Waals surface area contributed by atoms with Crippen LogP contribution in [0, 0.1) is 18.3 Å². The smallest absolute Gasteiger partial charge is 0.232 e. The molecule has 6 nitrogen and oxygen atoms in total. The van der Waals surface area contributed by atoms with Crippen LogP contribution in [0.5, 0.6) is 0 Å². The molecular weight excluding hydrogens is 232 g/mol. The van der Waals surface area contributed by atoms with Crippen molar-refractivity contribution < 1.29 is 9.32 Å². The molecule has 6 heteroatoms. The number of nitrogens with zero attached hydrogens (tertiary/aromatic N) is 3. The molecule has 0 bridgehead atoms. The van der Waals surface area contributed by atoms with Crippen LogP contribution in [0.4, 0.5) is 5.69 Å². The van der Waals surface area contributed by atoms with Crippen LogP contribution < -0.4 is 5.32 Å². The lowest BCUT2D eigenvalue weighted by molar-refractivity contribution is -0.115. The number of benzene rings is 1. The maximum absolute atomic E-state index is 11.6. The normalized spacial score (nSPS) is 9.78. The third-order valence-corrected chi connectivity index (χ3v) is 2.19. The van der Waals surface area contributed by atoms with Gasteiger partial charge in [0.2, 0.25) is 11.8 Å². The van der Waals surface area contributed by atoms with E-state index >= 15 is 0 Å². The van der Waals surface area contributed by atoms with E-state index in [1.807, 2.05) is 6.07 Å². The fraction of sp³-hybridized carbons (Fsp3) is 0.167. The number of carbonyl (C=O) groups is 1. The van der Waals surface area contributed by atoms with Crippen LogP contribution in [-0.2, 0) is 11.2 Å². The Bertz CT molecular complexity index is 595. The van der Waals surface area contributed by atoms with Crippen molar-refractivity contribution in [3.63, 3.8) is 0 Å². The number of nitriles is 1. The average Bonchev–Trinajstić information content (AvgIpc) is 2.75. The van der Waals surface area contributed by atoms with Crippen molar-refractivity contribution in [2.75, 3.05) is 5.32 Å². The second-order valence-corrected chi connectivity index (χ2v) is 3.64. The van der Waals surface area contributed by atoms with E-state index in [1.54, 1.807) is 31.2 Å². The molecule has 1 amide bonds. The molecule has 2 aromatic rings. The van der Waals surface area contributed by atoms with Crippen molar-refractivity contribution in [1.82, 2.24) is 10.1 Å². The van der Waals surface area contributed by atoms with Gasteiger partial charge in [0, 0.05) is 12.6 Å². The predicted molar refractivity (Wildman–Crippen MR) is 62.5 cm³/mol. The number of carbonyl (C=O) groups excluding carboxylic acids is 1. The van der Waals surface area contributed by atoms with E-state index in [1.165, 1.54) is 0 Å². The van der Waals surface area contributed by atoms with Gasteiger partial charge in [0.25, 0.3) is 0 Å². The summed E-state index contributed by atoms with van der Waals surface area (Å²) in [6.07, 6.45) is 0.0529. The Morgan fingerprint density at radius 2 is 2.17 bits per heavy atom. The Morgan fingerprint density at radius 3 is 2.72 bits per heavy atom. The Morgan fingerprint density at radius 1 is 1.44 bits per heavy atom. The molecule has 18 heavy (non-hydrogen) atoms. The lowest BCUT2D eigenvalue weighted by Crippen LogP contribution is -2.15. The largest absolute Gasteiger partial charge is 0.340 e. The Hall–Kier alpha value is -2.68. The van der Waals surface area contributed by atoms with Crippen LogP contribution >= 0.6 is 0 Å². The van der Waals surface area contributed by atoms with E-state index in [0.29, 0.717) is 23.0 Å². The van der Waals surface area contributed by atoms with Crippen LogP contribution in [0.1, 0.15) is 17.3 Å². The SMILES string of the molecule is Cc1nc(CC(=O)Nc2ccc(C#N)cc2)no1. The van der Waals surface area contributed by atoms with E-state index in [4.69, 9.17) is 9.78 Å². The molecule has 0 spiro atoms. The molecule has 2 rings (SSSR count). The van der Waals surface area contributed by atoms with Crippen molar-refractivity contribution in [1.29, 1.82) is 5.26 Å². The minimum Gasteiger partial charge on any atom is -0.340 e. The van der Waals surface area contributed by atoms with Crippen molar-refractivity contribution in [2.45, 2.75) is 13.3 Å². The summed E-state index contributed by atoms with van der Waals surface area (Å²) >= 11 is 0. The van der Waals surface area contributed by atoms with E-state index in [9.17, 15) is 4.79 Å². The van der Waals surface area contributed by atoms with Gasteiger partial charge in [-0.2, -0.15) is 10.2 Å². The number of hydrogen-bond donors (Lipinski definition) is 1. The number of nitrogens with one attached hydrogen (secondary N) is 1. The molecule has 0 atom stereocenters. The molecule has 0 saturated carbocycles. The maximum Gasteiger partial charge on any atom is 0.232 e. The minimum atomic E-state index is -0.236. The monoisotopic (exact) mass is 242 g/mol. The Balaban J connectivity index is 1.96. The van der Waals surface area contributed by atoms with Crippen LogP contribution in [0.25, 0.3) is 0 Å². The molecule has 0 unspecified atom stereocenters. The van der Waals surface area contributed by atoms with E-state index in [0.717, 1.165) is 0 Å². The molecule has 1 aromatic heterocycles. The van der Waals surface area contributed by atoms with Gasteiger partial charge in [-0.25, -0.2) is 0 Å². The quantitative estimate of drug-likeness (QED) is 0.878. The molecule has 0 aliphatic rings. The number of anilines is 1. The van der Waals surface area contributed by atoms with E-state index in [-0.39, 0.29) is 12.3 Å². The van der Waals surface area contributed by atoms with Gasteiger partial charge in [0.1, 0.15) is 0 Å². The molecule has 0 fully saturated rings. The highest BCUT2D eigenvalue weighted by Crippen LogP contribution is 2.09. The Kier molecular flexibility index (Phi) is 3.34. The first-order valence-electron chi connectivity index (χ1n) is 5.26. The van der Waals surface area contributed by atoms with Crippen LogP contribution in [-0.4, -0.2) is 16.0 Å². The highest BCUT2D eigenvalue weighted by molar-refractivity contribution is 5.91. The van der Waals surface area contributed by atoms with Crippen LogP contribution in [0.3, 0.4) is 0 Å².